The van der Waals surface area contributed by atoms with Gasteiger partial charge in [0.1, 0.15) is 5.38 Å². The largest absolute Gasteiger partial charge is 0.473 e. The van der Waals surface area contributed by atoms with Crippen molar-refractivity contribution in [2.45, 2.75) is 103 Å². The first-order valence-electron chi connectivity index (χ1n) is 9.33. The molecular weight excluding hydrogens is 345 g/mol. The lowest BCUT2D eigenvalue weighted by atomic mass is 10.2. The maximum Gasteiger partial charge on any atom is 0.324 e. The van der Waals surface area contributed by atoms with Crippen LogP contribution in [0.5, 0.6) is 0 Å². The zero-order chi connectivity index (χ0) is 20.1. The Hall–Kier alpha value is -0.396. The molecule has 0 saturated heterocycles. The summed E-state index contributed by atoms with van der Waals surface area (Å²) in [6.45, 7) is 25.7. The third-order valence-electron chi connectivity index (χ3n) is 5.57. The Morgan fingerprint density at radius 1 is 0.760 bits per heavy atom. The molecule has 146 valence electrons. The highest BCUT2D eigenvalue weighted by molar-refractivity contribution is 7.02. The van der Waals surface area contributed by atoms with Gasteiger partial charge in [-0.3, -0.25) is 4.11 Å². The molecule has 0 amide bonds. The molecule has 0 bridgehead atoms. The second-order valence-electron chi connectivity index (χ2n) is 11.5. The summed E-state index contributed by atoms with van der Waals surface area (Å²) in [6.07, 6.45) is 1.73. The standard InChI is InChI=1S/C20H40FNOSi2/c1-17(2,3)24(18(4,5)6,16-14-13-15-23-16)22-25(21,19(7,8)9)20(10,11)12/h13-15,22H,1-12H3. The van der Waals surface area contributed by atoms with E-state index in [0.717, 1.165) is 5.38 Å². The van der Waals surface area contributed by atoms with Gasteiger partial charge in [0.05, 0.1) is 6.26 Å². The van der Waals surface area contributed by atoms with Crippen LogP contribution in [-0.4, -0.2) is 16.8 Å². The van der Waals surface area contributed by atoms with E-state index in [-0.39, 0.29) is 10.1 Å². The minimum atomic E-state index is -3.41. The van der Waals surface area contributed by atoms with Gasteiger partial charge < -0.3 is 9.07 Å². The van der Waals surface area contributed by atoms with Crippen LogP contribution in [0.25, 0.3) is 0 Å². The number of nitrogens with one attached hydrogen (secondary N) is 1. The van der Waals surface area contributed by atoms with E-state index in [0.29, 0.717) is 0 Å². The van der Waals surface area contributed by atoms with E-state index in [1.54, 1.807) is 6.26 Å². The fraction of sp³-hybridized carbons (Fsp3) is 0.800. The van der Waals surface area contributed by atoms with E-state index in [9.17, 15) is 0 Å². The first kappa shape index (κ1) is 22.6. The molecule has 0 atom stereocenters. The molecule has 1 aromatic heterocycles. The molecule has 1 aromatic rings. The molecule has 0 aliphatic rings. The number of hydrogen-bond acceptors (Lipinski definition) is 2. The van der Waals surface area contributed by atoms with E-state index in [2.05, 4.69) is 52.3 Å². The molecule has 1 N–H and O–H groups in total. The zero-order valence-corrected chi connectivity index (χ0v) is 20.5. The van der Waals surface area contributed by atoms with Crippen molar-refractivity contribution in [3.05, 3.63) is 18.4 Å². The molecule has 0 spiro atoms. The fourth-order valence-electron chi connectivity index (χ4n) is 4.55. The highest BCUT2D eigenvalue weighted by atomic mass is 28.4. The molecule has 0 aliphatic carbocycles. The highest BCUT2D eigenvalue weighted by Crippen LogP contribution is 2.56. The van der Waals surface area contributed by atoms with Gasteiger partial charge in [-0.1, -0.05) is 83.1 Å². The van der Waals surface area contributed by atoms with Crippen LogP contribution in [0.15, 0.2) is 22.8 Å². The smallest absolute Gasteiger partial charge is 0.324 e. The fourth-order valence-corrected chi connectivity index (χ4v) is 19.7. The SMILES string of the molecule is CC(C)(C)[Si](F)(N[Si](c1ccco1)(C(C)(C)C)C(C)(C)C)C(C)(C)C. The van der Waals surface area contributed by atoms with E-state index in [1.165, 1.54) is 0 Å². The Morgan fingerprint density at radius 2 is 1.16 bits per heavy atom. The second-order valence-corrected chi connectivity index (χ2v) is 21.8. The number of furan rings is 1. The van der Waals surface area contributed by atoms with E-state index < -0.39 is 26.9 Å². The highest BCUT2D eigenvalue weighted by Gasteiger charge is 2.66. The van der Waals surface area contributed by atoms with Crippen molar-refractivity contribution >= 4 is 22.2 Å². The maximum atomic E-state index is 17.0. The average Bonchev–Trinajstić information content (AvgIpc) is 2.82. The molecule has 5 heteroatoms. The van der Waals surface area contributed by atoms with Gasteiger partial charge in [0.25, 0.3) is 0 Å². The average molecular weight is 386 g/mol. The minimum absolute atomic E-state index is 0.107. The summed E-state index contributed by atoms with van der Waals surface area (Å²) < 4.78 is 26.8. The van der Waals surface area contributed by atoms with E-state index >= 15 is 4.11 Å². The van der Waals surface area contributed by atoms with Crippen LogP contribution in [-0.2, 0) is 0 Å². The van der Waals surface area contributed by atoms with E-state index in [1.807, 2.05) is 47.6 Å². The second kappa shape index (κ2) is 6.34. The monoisotopic (exact) mass is 385 g/mol. The van der Waals surface area contributed by atoms with Crippen LogP contribution in [0.3, 0.4) is 0 Å². The van der Waals surface area contributed by atoms with E-state index in [4.69, 9.17) is 4.42 Å². The van der Waals surface area contributed by atoms with Crippen LogP contribution in [0, 0.1) is 0 Å². The maximum absolute atomic E-state index is 17.0. The molecule has 0 unspecified atom stereocenters. The lowest BCUT2D eigenvalue weighted by molar-refractivity contribution is 0.487. The molecule has 0 saturated carbocycles. The van der Waals surface area contributed by atoms with Crippen molar-refractivity contribution in [2.75, 3.05) is 0 Å². The number of hydrogen-bond donors (Lipinski definition) is 1. The molecule has 1 heterocycles. The van der Waals surface area contributed by atoms with Crippen LogP contribution in [0.4, 0.5) is 4.11 Å². The molecule has 1 rings (SSSR count). The number of halogens is 1. The summed E-state index contributed by atoms with van der Waals surface area (Å²) in [7, 11) is -6.02. The van der Waals surface area contributed by atoms with Gasteiger partial charge in [0, 0.05) is 0 Å². The van der Waals surface area contributed by atoms with Gasteiger partial charge in [0.15, 0.2) is 0 Å². The molecule has 0 radical (unpaired) electrons. The first-order valence-corrected chi connectivity index (χ1v) is 13.2. The van der Waals surface area contributed by atoms with Crippen LogP contribution < -0.4 is 10.0 Å². The predicted molar refractivity (Wildman–Crippen MR) is 113 cm³/mol. The Balaban J connectivity index is 3.81. The molecular formula is C20H40FNOSi2. The van der Waals surface area contributed by atoms with Crippen LogP contribution in [0.2, 0.25) is 20.2 Å². The van der Waals surface area contributed by atoms with Crippen molar-refractivity contribution in [2.24, 2.45) is 0 Å². The molecule has 0 fully saturated rings. The van der Waals surface area contributed by atoms with Gasteiger partial charge in [-0.2, -0.15) is 0 Å². The lowest BCUT2D eigenvalue weighted by Crippen LogP contribution is -2.80. The Labute approximate surface area is 157 Å². The molecule has 2 nitrogen and oxygen atoms in total. The van der Waals surface area contributed by atoms with Crippen molar-refractivity contribution in [3.8, 4) is 0 Å². The molecule has 0 aliphatic heterocycles. The topological polar surface area (TPSA) is 25.2 Å². The summed E-state index contributed by atoms with van der Waals surface area (Å²) in [4.78, 5) is 0. The van der Waals surface area contributed by atoms with Crippen molar-refractivity contribution in [1.82, 2.24) is 4.65 Å². The Kier molecular flexibility index (Phi) is 5.75. The summed E-state index contributed by atoms with van der Waals surface area (Å²) in [5.41, 5.74) is 0. The van der Waals surface area contributed by atoms with Gasteiger partial charge in [0.2, 0.25) is 8.24 Å². The van der Waals surface area contributed by atoms with Crippen molar-refractivity contribution < 1.29 is 8.52 Å². The summed E-state index contributed by atoms with van der Waals surface area (Å²) in [6, 6.07) is 3.99. The zero-order valence-electron chi connectivity index (χ0n) is 18.5. The minimum Gasteiger partial charge on any atom is -0.473 e. The van der Waals surface area contributed by atoms with Crippen LogP contribution in [0.1, 0.15) is 83.1 Å². The van der Waals surface area contributed by atoms with Gasteiger partial charge >= 0.3 is 8.57 Å². The normalized spacial score (nSPS) is 15.6. The summed E-state index contributed by atoms with van der Waals surface area (Å²) in [5.74, 6) is 0. The summed E-state index contributed by atoms with van der Waals surface area (Å²) in [5, 5.41) is -0.108. The quantitative estimate of drug-likeness (QED) is 0.466. The molecule has 25 heavy (non-hydrogen) atoms. The van der Waals surface area contributed by atoms with Gasteiger partial charge in [-0.15, -0.1) is 0 Å². The number of rotatable bonds is 3. The Morgan fingerprint density at radius 3 is 1.40 bits per heavy atom. The third-order valence-corrected chi connectivity index (χ3v) is 18.1. The Bertz CT molecular complexity index is 541. The first-order chi connectivity index (χ1) is 10.8. The van der Waals surface area contributed by atoms with Gasteiger partial charge in [-0.25, -0.2) is 0 Å². The predicted octanol–water partition coefficient (Wildman–Crippen LogP) is 6.63. The van der Waals surface area contributed by atoms with Gasteiger partial charge in [-0.05, 0) is 32.3 Å². The lowest BCUT2D eigenvalue weighted by Gasteiger charge is -2.57. The third kappa shape index (κ3) is 3.69. The summed E-state index contributed by atoms with van der Waals surface area (Å²) >= 11 is 0. The van der Waals surface area contributed by atoms with Crippen LogP contribution >= 0.6 is 0 Å². The van der Waals surface area contributed by atoms with Crippen molar-refractivity contribution in [1.29, 1.82) is 0 Å². The molecule has 0 aromatic carbocycles. The van der Waals surface area contributed by atoms with Crippen molar-refractivity contribution in [3.63, 3.8) is 0 Å².